The van der Waals surface area contributed by atoms with Gasteiger partial charge in [-0.05, 0) is 35.4 Å². The molecule has 0 radical (unpaired) electrons. The first kappa shape index (κ1) is 17.7. The van der Waals surface area contributed by atoms with E-state index in [0.717, 1.165) is 21.0 Å². The largest absolute Gasteiger partial charge is 0.345 e. The Labute approximate surface area is 166 Å². The summed E-state index contributed by atoms with van der Waals surface area (Å²) in [4.78, 5) is 15.1. The molecular weight excluding hydrogens is 374 g/mol. The third kappa shape index (κ3) is 4.02. The number of carbonyl (C=O) groups excluding carboxylic acids is 1. The van der Waals surface area contributed by atoms with E-state index in [-0.39, 0.29) is 11.9 Å². The van der Waals surface area contributed by atoms with Gasteiger partial charge in [0.2, 0.25) is 0 Å². The lowest BCUT2D eigenvalue weighted by molar-refractivity contribution is 0.0941. The van der Waals surface area contributed by atoms with Crippen LogP contribution in [-0.4, -0.2) is 15.7 Å². The second-order valence-corrected chi connectivity index (χ2v) is 8.19. The predicted molar refractivity (Wildman–Crippen MR) is 111 cm³/mol. The van der Waals surface area contributed by atoms with Crippen LogP contribution in [0.2, 0.25) is 0 Å². The molecule has 0 saturated heterocycles. The Morgan fingerprint density at radius 3 is 2.56 bits per heavy atom. The second-order valence-electron chi connectivity index (χ2n) is 6.26. The van der Waals surface area contributed by atoms with Crippen LogP contribution >= 0.6 is 22.7 Å². The van der Waals surface area contributed by atoms with Crippen LogP contribution in [0.1, 0.15) is 33.8 Å². The van der Waals surface area contributed by atoms with E-state index in [1.807, 2.05) is 71.0 Å². The molecule has 0 aliphatic heterocycles. The Morgan fingerprint density at radius 2 is 1.85 bits per heavy atom. The van der Waals surface area contributed by atoms with Crippen molar-refractivity contribution in [3.05, 3.63) is 87.6 Å². The molecule has 4 nitrogen and oxygen atoms in total. The van der Waals surface area contributed by atoms with Gasteiger partial charge in [-0.1, -0.05) is 42.5 Å². The number of rotatable bonds is 6. The molecule has 0 aliphatic carbocycles. The van der Waals surface area contributed by atoms with Crippen LogP contribution in [0.4, 0.5) is 0 Å². The summed E-state index contributed by atoms with van der Waals surface area (Å²) >= 11 is 3.23. The highest BCUT2D eigenvalue weighted by Crippen LogP contribution is 2.28. The Balaban J connectivity index is 1.62. The fourth-order valence-corrected chi connectivity index (χ4v) is 4.38. The average molecular weight is 394 g/mol. The van der Waals surface area contributed by atoms with Crippen molar-refractivity contribution in [1.29, 1.82) is 0 Å². The zero-order valence-electron chi connectivity index (χ0n) is 14.8. The third-order valence-electron chi connectivity index (χ3n) is 4.27. The van der Waals surface area contributed by atoms with E-state index in [0.29, 0.717) is 12.1 Å². The van der Waals surface area contributed by atoms with Gasteiger partial charge in [-0.3, -0.25) is 9.48 Å². The number of hydrogen-bond donors (Lipinski definition) is 1. The molecule has 1 N–H and O–H groups in total. The normalized spacial score (nSPS) is 12.0. The van der Waals surface area contributed by atoms with Gasteiger partial charge >= 0.3 is 0 Å². The molecule has 3 aromatic heterocycles. The van der Waals surface area contributed by atoms with Gasteiger partial charge in [0.05, 0.1) is 23.0 Å². The van der Waals surface area contributed by atoms with E-state index in [1.54, 1.807) is 22.7 Å². The van der Waals surface area contributed by atoms with Crippen molar-refractivity contribution in [3.63, 3.8) is 0 Å². The lowest BCUT2D eigenvalue weighted by Gasteiger charge is -2.11. The van der Waals surface area contributed by atoms with Gasteiger partial charge in [0.25, 0.3) is 5.91 Å². The number of benzene rings is 1. The molecule has 1 aromatic carbocycles. The van der Waals surface area contributed by atoms with Crippen molar-refractivity contribution in [2.45, 2.75) is 19.5 Å². The standard InChI is InChI=1S/C21H19N3OS2/c1-15(18-9-5-11-26-18)22-21(25)17-14-24(13-16-7-3-2-4-8-16)23-20(17)19-10-6-12-27-19/h2-12,14-15H,13H2,1H3,(H,22,25)/t15-/m1/s1. The molecule has 0 spiro atoms. The highest BCUT2D eigenvalue weighted by Gasteiger charge is 2.21. The van der Waals surface area contributed by atoms with E-state index in [2.05, 4.69) is 17.4 Å². The maximum atomic E-state index is 13.0. The summed E-state index contributed by atoms with van der Waals surface area (Å²) in [5, 5.41) is 11.8. The first-order valence-corrected chi connectivity index (χ1v) is 10.5. The number of thiophene rings is 2. The number of amides is 1. The SMILES string of the molecule is C[C@@H](NC(=O)c1cn(Cc2ccccc2)nc1-c1cccs1)c1cccs1. The molecule has 136 valence electrons. The van der Waals surface area contributed by atoms with Gasteiger partial charge in [0, 0.05) is 11.1 Å². The van der Waals surface area contributed by atoms with Crippen LogP contribution in [0.15, 0.2) is 71.6 Å². The third-order valence-corrected chi connectivity index (χ3v) is 6.20. The molecular formula is C21H19N3OS2. The number of hydrogen-bond acceptors (Lipinski definition) is 4. The summed E-state index contributed by atoms with van der Waals surface area (Å²) in [6, 6.07) is 18.1. The maximum absolute atomic E-state index is 13.0. The predicted octanol–water partition coefficient (Wildman–Crippen LogP) is 5.21. The van der Waals surface area contributed by atoms with Crippen LogP contribution in [0.3, 0.4) is 0 Å². The zero-order chi connectivity index (χ0) is 18.6. The molecule has 0 unspecified atom stereocenters. The molecule has 3 heterocycles. The van der Waals surface area contributed by atoms with Crippen molar-refractivity contribution in [2.75, 3.05) is 0 Å². The van der Waals surface area contributed by atoms with Gasteiger partial charge in [-0.25, -0.2) is 0 Å². The highest BCUT2D eigenvalue weighted by atomic mass is 32.1. The van der Waals surface area contributed by atoms with Crippen LogP contribution in [0, 0.1) is 0 Å². The number of carbonyl (C=O) groups is 1. The summed E-state index contributed by atoms with van der Waals surface area (Å²) in [6.45, 7) is 2.63. The maximum Gasteiger partial charge on any atom is 0.255 e. The van der Waals surface area contributed by atoms with E-state index in [4.69, 9.17) is 5.10 Å². The smallest absolute Gasteiger partial charge is 0.255 e. The minimum atomic E-state index is -0.0985. The first-order valence-electron chi connectivity index (χ1n) is 8.70. The monoisotopic (exact) mass is 393 g/mol. The van der Waals surface area contributed by atoms with Crippen LogP contribution in [-0.2, 0) is 6.54 Å². The number of aromatic nitrogens is 2. The molecule has 0 saturated carbocycles. The Morgan fingerprint density at radius 1 is 1.07 bits per heavy atom. The second kappa shape index (κ2) is 7.90. The van der Waals surface area contributed by atoms with E-state index in [9.17, 15) is 4.79 Å². The van der Waals surface area contributed by atoms with Crippen molar-refractivity contribution in [1.82, 2.24) is 15.1 Å². The van der Waals surface area contributed by atoms with E-state index < -0.39 is 0 Å². The van der Waals surface area contributed by atoms with Crippen molar-refractivity contribution < 1.29 is 4.79 Å². The topological polar surface area (TPSA) is 46.9 Å². The summed E-state index contributed by atoms with van der Waals surface area (Å²) < 4.78 is 1.84. The highest BCUT2D eigenvalue weighted by molar-refractivity contribution is 7.13. The summed E-state index contributed by atoms with van der Waals surface area (Å²) in [5.41, 5.74) is 2.49. The molecule has 4 rings (SSSR count). The van der Waals surface area contributed by atoms with Crippen LogP contribution in [0.5, 0.6) is 0 Å². The molecule has 4 aromatic rings. The Bertz CT molecular complexity index is 1010. The molecule has 27 heavy (non-hydrogen) atoms. The molecule has 0 aliphatic rings. The minimum Gasteiger partial charge on any atom is -0.345 e. The molecule has 1 atom stereocenters. The van der Waals surface area contributed by atoms with E-state index in [1.165, 1.54) is 0 Å². The first-order chi connectivity index (χ1) is 13.2. The Hall–Kier alpha value is -2.70. The summed E-state index contributed by atoms with van der Waals surface area (Å²) in [5.74, 6) is -0.0985. The minimum absolute atomic E-state index is 0.0360. The van der Waals surface area contributed by atoms with Crippen molar-refractivity contribution in [2.24, 2.45) is 0 Å². The zero-order valence-corrected chi connectivity index (χ0v) is 16.5. The van der Waals surface area contributed by atoms with Crippen molar-refractivity contribution in [3.8, 4) is 10.6 Å². The number of nitrogens with zero attached hydrogens (tertiary/aromatic N) is 2. The molecule has 1 amide bonds. The fourth-order valence-electron chi connectivity index (χ4n) is 2.92. The Kier molecular flexibility index (Phi) is 5.18. The van der Waals surface area contributed by atoms with Gasteiger partial charge in [-0.15, -0.1) is 22.7 Å². The quantitative estimate of drug-likeness (QED) is 0.489. The van der Waals surface area contributed by atoms with Gasteiger partial charge < -0.3 is 5.32 Å². The fraction of sp³-hybridized carbons (Fsp3) is 0.143. The van der Waals surface area contributed by atoms with Gasteiger partial charge in [0.1, 0.15) is 5.69 Å². The molecule has 0 fully saturated rings. The molecule has 0 bridgehead atoms. The average Bonchev–Trinajstić information content (AvgIpc) is 3.43. The van der Waals surface area contributed by atoms with Crippen LogP contribution < -0.4 is 5.32 Å². The summed E-state index contributed by atoms with van der Waals surface area (Å²) in [6.07, 6.45) is 1.85. The van der Waals surface area contributed by atoms with Crippen molar-refractivity contribution >= 4 is 28.6 Å². The van der Waals surface area contributed by atoms with Crippen LogP contribution in [0.25, 0.3) is 10.6 Å². The lowest BCUT2D eigenvalue weighted by Crippen LogP contribution is -2.26. The van der Waals surface area contributed by atoms with Gasteiger partial charge in [-0.2, -0.15) is 5.10 Å². The lowest BCUT2D eigenvalue weighted by atomic mass is 10.2. The van der Waals surface area contributed by atoms with Gasteiger partial charge in [0.15, 0.2) is 0 Å². The molecule has 6 heteroatoms. The van der Waals surface area contributed by atoms with E-state index >= 15 is 0 Å². The number of nitrogens with one attached hydrogen (secondary N) is 1. The summed E-state index contributed by atoms with van der Waals surface area (Å²) in [7, 11) is 0.